The van der Waals surface area contributed by atoms with Gasteiger partial charge in [-0.05, 0) is 30.7 Å². The van der Waals surface area contributed by atoms with Crippen molar-refractivity contribution < 1.29 is 0 Å². The number of aryl methyl sites for hydroxylation is 1. The van der Waals surface area contributed by atoms with Crippen LogP contribution in [0.3, 0.4) is 0 Å². The average molecular weight is 448 g/mol. The van der Waals surface area contributed by atoms with Crippen molar-refractivity contribution in [2.45, 2.75) is 116 Å². The fraction of sp³-hybridized carbons (Fsp3) is 0.600. The Labute approximate surface area is 202 Å². The van der Waals surface area contributed by atoms with Crippen LogP contribution < -0.4 is 0 Å². The van der Waals surface area contributed by atoms with Gasteiger partial charge in [0.1, 0.15) is 5.82 Å². The first-order valence-electron chi connectivity index (χ1n) is 13.8. The predicted octanol–water partition coefficient (Wildman–Crippen LogP) is 9.36. The molecule has 0 aliphatic carbocycles. The summed E-state index contributed by atoms with van der Waals surface area (Å²) in [5.41, 5.74) is 3.48. The Hall–Kier alpha value is -2.16. The lowest BCUT2D eigenvalue weighted by atomic mass is 10.0. The molecule has 3 aromatic rings. The number of nitrogens with zero attached hydrogens (tertiary/aromatic N) is 3. The topological polar surface area (TPSA) is 30.7 Å². The van der Waals surface area contributed by atoms with E-state index in [1.54, 1.807) is 0 Å². The number of fused-ring (bicyclic) bond motifs is 1. The van der Waals surface area contributed by atoms with Gasteiger partial charge in [0.15, 0.2) is 0 Å². The van der Waals surface area contributed by atoms with Gasteiger partial charge in [-0.3, -0.25) is 4.98 Å². The summed E-state index contributed by atoms with van der Waals surface area (Å²) in [6, 6.07) is 12.6. The smallest absolute Gasteiger partial charge is 0.141 e. The maximum absolute atomic E-state index is 4.91. The Morgan fingerprint density at radius 1 is 0.606 bits per heavy atom. The summed E-state index contributed by atoms with van der Waals surface area (Å²) >= 11 is 0. The van der Waals surface area contributed by atoms with Crippen molar-refractivity contribution in [2.75, 3.05) is 0 Å². The summed E-state index contributed by atoms with van der Waals surface area (Å²) in [5, 5.41) is 0. The van der Waals surface area contributed by atoms with Crippen molar-refractivity contribution in [1.29, 1.82) is 0 Å². The molecule has 0 fully saturated rings. The maximum Gasteiger partial charge on any atom is 0.141 e. The van der Waals surface area contributed by atoms with E-state index in [0.29, 0.717) is 0 Å². The molecule has 2 heterocycles. The van der Waals surface area contributed by atoms with E-state index in [1.165, 1.54) is 108 Å². The molecule has 0 atom stereocenters. The number of pyridine rings is 1. The average Bonchev–Trinajstić information content (AvgIpc) is 3.23. The highest BCUT2D eigenvalue weighted by molar-refractivity contribution is 5.80. The molecule has 33 heavy (non-hydrogen) atoms. The first-order valence-corrected chi connectivity index (χ1v) is 13.8. The zero-order valence-electron chi connectivity index (χ0n) is 21.0. The largest absolute Gasteiger partial charge is 0.324 e. The molecule has 0 N–H and O–H groups in total. The number of hydrogen-bond acceptors (Lipinski definition) is 2. The lowest BCUT2D eigenvalue weighted by Crippen LogP contribution is -2.01. The molecular formula is C30H45N3. The Balaban J connectivity index is 1.26. The highest BCUT2D eigenvalue weighted by Crippen LogP contribution is 2.25. The molecule has 0 saturated heterocycles. The molecule has 0 saturated carbocycles. The molecule has 2 aromatic heterocycles. The van der Waals surface area contributed by atoms with E-state index < -0.39 is 0 Å². The van der Waals surface area contributed by atoms with Crippen LogP contribution in [0.1, 0.15) is 110 Å². The van der Waals surface area contributed by atoms with Gasteiger partial charge >= 0.3 is 0 Å². The van der Waals surface area contributed by atoms with Gasteiger partial charge in [-0.1, -0.05) is 115 Å². The van der Waals surface area contributed by atoms with Crippen LogP contribution in [0.25, 0.3) is 22.4 Å². The van der Waals surface area contributed by atoms with E-state index in [2.05, 4.69) is 52.9 Å². The van der Waals surface area contributed by atoms with Crippen LogP contribution in [0.2, 0.25) is 0 Å². The zero-order chi connectivity index (χ0) is 23.0. The van der Waals surface area contributed by atoms with Gasteiger partial charge in [0.05, 0.1) is 11.0 Å². The maximum atomic E-state index is 4.91. The fourth-order valence-corrected chi connectivity index (χ4v) is 4.84. The van der Waals surface area contributed by atoms with E-state index in [9.17, 15) is 0 Å². The summed E-state index contributed by atoms with van der Waals surface area (Å²) in [4.78, 5) is 9.08. The van der Waals surface area contributed by atoms with E-state index in [0.717, 1.165) is 23.4 Å². The highest BCUT2D eigenvalue weighted by Gasteiger charge is 2.11. The van der Waals surface area contributed by atoms with Crippen LogP contribution in [-0.4, -0.2) is 14.5 Å². The monoisotopic (exact) mass is 447 g/mol. The molecule has 3 heteroatoms. The number of hydrogen-bond donors (Lipinski definition) is 0. The Kier molecular flexibility index (Phi) is 12.1. The standard InChI is InChI=1S/C30H45N3/c1-2-3-4-5-6-7-8-9-10-11-12-13-14-15-16-19-26-33-29-21-18-17-20-28(29)32-30(33)27-22-24-31-25-23-27/h17-18,20-25H,2-16,19,26H2,1H3. The van der Waals surface area contributed by atoms with Crippen LogP contribution >= 0.6 is 0 Å². The van der Waals surface area contributed by atoms with Gasteiger partial charge in [0, 0.05) is 24.5 Å². The number of aromatic nitrogens is 3. The molecule has 3 nitrogen and oxygen atoms in total. The molecule has 0 aliphatic rings. The Bertz CT molecular complexity index is 884. The number of para-hydroxylation sites is 2. The van der Waals surface area contributed by atoms with Gasteiger partial charge in [0.2, 0.25) is 0 Å². The summed E-state index contributed by atoms with van der Waals surface area (Å²) < 4.78 is 2.40. The quantitative estimate of drug-likeness (QED) is 0.182. The Morgan fingerprint density at radius 2 is 1.12 bits per heavy atom. The fourth-order valence-electron chi connectivity index (χ4n) is 4.84. The third-order valence-electron chi connectivity index (χ3n) is 6.83. The number of unbranched alkanes of at least 4 members (excludes halogenated alkanes) is 15. The molecule has 0 radical (unpaired) electrons. The molecule has 1 aromatic carbocycles. The van der Waals surface area contributed by atoms with Crippen molar-refractivity contribution in [3.05, 3.63) is 48.8 Å². The van der Waals surface area contributed by atoms with E-state index in [-0.39, 0.29) is 0 Å². The predicted molar refractivity (Wildman–Crippen MR) is 143 cm³/mol. The van der Waals surface area contributed by atoms with E-state index in [4.69, 9.17) is 4.98 Å². The zero-order valence-corrected chi connectivity index (χ0v) is 21.0. The van der Waals surface area contributed by atoms with Crippen molar-refractivity contribution in [1.82, 2.24) is 14.5 Å². The van der Waals surface area contributed by atoms with Gasteiger partial charge < -0.3 is 4.57 Å². The van der Waals surface area contributed by atoms with Crippen LogP contribution in [0.4, 0.5) is 0 Å². The third kappa shape index (κ3) is 8.95. The van der Waals surface area contributed by atoms with Gasteiger partial charge in [-0.15, -0.1) is 0 Å². The summed E-state index contributed by atoms with van der Waals surface area (Å²) in [6.07, 6.45) is 26.2. The summed E-state index contributed by atoms with van der Waals surface area (Å²) in [6.45, 7) is 3.33. The van der Waals surface area contributed by atoms with Crippen LogP contribution in [0, 0.1) is 0 Å². The van der Waals surface area contributed by atoms with Crippen molar-refractivity contribution in [3.63, 3.8) is 0 Å². The SMILES string of the molecule is CCCCCCCCCCCCCCCCCCn1c(-c2ccncc2)nc2ccccc21. The minimum absolute atomic E-state index is 1.04. The molecule has 0 spiro atoms. The summed E-state index contributed by atoms with van der Waals surface area (Å²) in [5.74, 6) is 1.07. The van der Waals surface area contributed by atoms with Crippen molar-refractivity contribution >= 4 is 11.0 Å². The third-order valence-corrected chi connectivity index (χ3v) is 6.83. The normalized spacial score (nSPS) is 11.4. The van der Waals surface area contributed by atoms with Crippen LogP contribution in [0.5, 0.6) is 0 Å². The van der Waals surface area contributed by atoms with E-state index in [1.807, 2.05) is 12.4 Å². The Morgan fingerprint density at radius 3 is 1.70 bits per heavy atom. The van der Waals surface area contributed by atoms with E-state index >= 15 is 0 Å². The van der Waals surface area contributed by atoms with Crippen LogP contribution in [0.15, 0.2) is 48.8 Å². The summed E-state index contributed by atoms with van der Waals surface area (Å²) in [7, 11) is 0. The van der Waals surface area contributed by atoms with Crippen LogP contribution in [-0.2, 0) is 6.54 Å². The number of imidazole rings is 1. The van der Waals surface area contributed by atoms with Crippen molar-refractivity contribution in [3.8, 4) is 11.4 Å². The number of rotatable bonds is 18. The highest BCUT2D eigenvalue weighted by atomic mass is 15.1. The second kappa shape index (κ2) is 15.6. The molecule has 3 rings (SSSR count). The van der Waals surface area contributed by atoms with Gasteiger partial charge in [-0.25, -0.2) is 4.98 Å². The second-order valence-corrected chi connectivity index (χ2v) is 9.61. The molecular weight excluding hydrogens is 402 g/mol. The first-order chi connectivity index (χ1) is 16.4. The van der Waals surface area contributed by atoms with Gasteiger partial charge in [-0.2, -0.15) is 0 Å². The molecule has 0 amide bonds. The first kappa shape index (κ1) is 25.5. The minimum Gasteiger partial charge on any atom is -0.324 e. The molecule has 0 unspecified atom stereocenters. The lowest BCUT2D eigenvalue weighted by molar-refractivity contribution is 0.523. The lowest BCUT2D eigenvalue weighted by Gasteiger charge is -2.09. The van der Waals surface area contributed by atoms with Gasteiger partial charge in [0.25, 0.3) is 0 Å². The molecule has 0 aliphatic heterocycles. The number of benzene rings is 1. The van der Waals surface area contributed by atoms with Crippen molar-refractivity contribution in [2.24, 2.45) is 0 Å². The minimum atomic E-state index is 1.04. The molecule has 180 valence electrons. The molecule has 0 bridgehead atoms. The second-order valence-electron chi connectivity index (χ2n) is 9.61.